The molecule has 0 fully saturated rings. The van der Waals surface area contributed by atoms with E-state index in [4.69, 9.17) is 33.2 Å². The number of aliphatic imine (C=N–C) groups is 2. The number of hydrogen-bond donors (Lipinski definition) is 0. The molecule has 5 aromatic carbocycles. The summed E-state index contributed by atoms with van der Waals surface area (Å²) in [4.78, 5) is 10.3. The van der Waals surface area contributed by atoms with E-state index in [9.17, 15) is 0 Å². The van der Waals surface area contributed by atoms with Gasteiger partial charge in [0, 0.05) is 16.5 Å². The number of rotatable bonds is 3. The molecule has 0 N–H and O–H groups in total. The van der Waals surface area contributed by atoms with Crippen LogP contribution in [0.3, 0.4) is 0 Å². The quantitative estimate of drug-likeness (QED) is 0.233. The van der Waals surface area contributed by atoms with Crippen LogP contribution in [0.15, 0.2) is 107 Å². The molecule has 36 heavy (non-hydrogen) atoms. The van der Waals surface area contributed by atoms with Gasteiger partial charge in [-0.15, -0.1) is 0 Å². The number of para-hydroxylation sites is 2. The fraction of sp³-hybridized carbons (Fsp3) is 0.0625. The third kappa shape index (κ3) is 3.74. The van der Waals surface area contributed by atoms with Gasteiger partial charge in [0.15, 0.2) is 0 Å². The van der Waals surface area contributed by atoms with Crippen LogP contribution in [-0.2, 0) is 0 Å². The van der Waals surface area contributed by atoms with Gasteiger partial charge in [0.1, 0.15) is 0 Å². The molecule has 0 spiro atoms. The Bertz CT molecular complexity index is 1600. The summed E-state index contributed by atoms with van der Waals surface area (Å²) in [6.07, 6.45) is 0. The molecule has 2 nitrogen and oxygen atoms in total. The first kappa shape index (κ1) is 22.7. The molecule has 4 heteroatoms. The molecule has 0 bridgehead atoms. The lowest BCUT2D eigenvalue weighted by atomic mass is 9.95. The Morgan fingerprint density at radius 2 is 1.03 bits per heavy atom. The van der Waals surface area contributed by atoms with Gasteiger partial charge in [-0.3, -0.25) is 0 Å². The van der Waals surface area contributed by atoms with Gasteiger partial charge in [-0.05, 0) is 53.6 Å². The fourth-order valence-corrected chi connectivity index (χ4v) is 5.43. The third-order valence-electron chi connectivity index (χ3n) is 6.68. The highest BCUT2D eigenvalue weighted by atomic mass is 35.5. The van der Waals surface area contributed by atoms with Crippen molar-refractivity contribution in [1.82, 2.24) is 0 Å². The van der Waals surface area contributed by atoms with Gasteiger partial charge in [-0.2, -0.15) is 0 Å². The van der Waals surface area contributed by atoms with Crippen LogP contribution in [0.25, 0.3) is 21.9 Å². The molecule has 0 saturated heterocycles. The van der Waals surface area contributed by atoms with Gasteiger partial charge in [-0.25, -0.2) is 9.98 Å². The topological polar surface area (TPSA) is 24.7 Å². The average Bonchev–Trinajstić information content (AvgIpc) is 3.18. The first-order valence-corrected chi connectivity index (χ1v) is 12.6. The van der Waals surface area contributed by atoms with Gasteiger partial charge in [0.25, 0.3) is 0 Å². The highest BCUT2D eigenvalue weighted by Gasteiger charge is 2.29. The maximum absolute atomic E-state index is 6.62. The number of hydrogen-bond acceptors (Lipinski definition) is 2. The summed E-state index contributed by atoms with van der Waals surface area (Å²) in [5.74, 6) is 0. The van der Waals surface area contributed by atoms with E-state index in [-0.39, 0.29) is 0 Å². The Morgan fingerprint density at radius 1 is 0.500 bits per heavy atom. The van der Waals surface area contributed by atoms with Crippen LogP contribution in [0.4, 0.5) is 11.4 Å². The lowest BCUT2D eigenvalue weighted by molar-refractivity contribution is 1.39. The van der Waals surface area contributed by atoms with Crippen LogP contribution < -0.4 is 0 Å². The Hall–Kier alpha value is -3.72. The molecule has 0 aromatic heterocycles. The maximum atomic E-state index is 6.62. The van der Waals surface area contributed by atoms with Crippen LogP contribution in [0, 0.1) is 13.8 Å². The van der Waals surface area contributed by atoms with E-state index in [0.717, 1.165) is 50.4 Å². The largest absolute Gasteiger partial charge is 0.244 e. The minimum absolute atomic E-state index is 0.615. The van der Waals surface area contributed by atoms with Crippen molar-refractivity contribution in [3.05, 3.63) is 129 Å². The third-order valence-corrected chi connectivity index (χ3v) is 7.29. The van der Waals surface area contributed by atoms with Crippen LogP contribution in [0.1, 0.15) is 22.3 Å². The second-order valence-electron chi connectivity index (χ2n) is 8.99. The number of aryl methyl sites for hydroxylation is 2. The molecule has 0 saturated carbocycles. The monoisotopic (exact) mass is 504 g/mol. The SMILES string of the molecule is Cc1cccc(Cl)c1N=C1C(=Nc2c(C)cccc2Cl)c2ccc(-c3ccccc3)c3cccc1c23. The minimum Gasteiger partial charge on any atom is -0.244 e. The summed E-state index contributed by atoms with van der Waals surface area (Å²) in [6, 6.07) is 32.9. The second-order valence-corrected chi connectivity index (χ2v) is 9.80. The summed E-state index contributed by atoms with van der Waals surface area (Å²) < 4.78 is 0. The van der Waals surface area contributed by atoms with Gasteiger partial charge < -0.3 is 0 Å². The molecular weight excluding hydrogens is 483 g/mol. The second kappa shape index (κ2) is 9.05. The van der Waals surface area contributed by atoms with Gasteiger partial charge >= 0.3 is 0 Å². The average molecular weight is 505 g/mol. The summed E-state index contributed by atoms with van der Waals surface area (Å²) >= 11 is 13.2. The van der Waals surface area contributed by atoms with Crippen molar-refractivity contribution in [2.75, 3.05) is 0 Å². The first-order chi connectivity index (χ1) is 17.5. The zero-order valence-corrected chi connectivity index (χ0v) is 21.4. The van der Waals surface area contributed by atoms with Crippen molar-refractivity contribution in [3.63, 3.8) is 0 Å². The molecule has 0 unspecified atom stereocenters. The van der Waals surface area contributed by atoms with Crippen molar-refractivity contribution < 1.29 is 0 Å². The number of halogens is 2. The van der Waals surface area contributed by atoms with Gasteiger partial charge in [-0.1, -0.05) is 108 Å². The highest BCUT2D eigenvalue weighted by molar-refractivity contribution is 6.62. The smallest absolute Gasteiger partial charge is 0.0979 e. The minimum atomic E-state index is 0.615. The van der Waals surface area contributed by atoms with E-state index in [1.54, 1.807) is 0 Å². The summed E-state index contributed by atoms with van der Waals surface area (Å²) in [6.45, 7) is 4.05. The van der Waals surface area contributed by atoms with Crippen molar-refractivity contribution in [2.24, 2.45) is 9.98 Å². The molecule has 5 aromatic rings. The van der Waals surface area contributed by atoms with E-state index in [0.29, 0.717) is 10.0 Å². The van der Waals surface area contributed by atoms with Crippen molar-refractivity contribution in [1.29, 1.82) is 0 Å². The summed E-state index contributed by atoms with van der Waals surface area (Å²) in [7, 11) is 0. The number of benzene rings is 5. The predicted molar refractivity (Wildman–Crippen MR) is 154 cm³/mol. The predicted octanol–water partition coefficient (Wildman–Crippen LogP) is 9.69. The molecule has 174 valence electrons. The Labute approximate surface area is 220 Å². The molecule has 0 radical (unpaired) electrons. The Kier molecular flexibility index (Phi) is 5.72. The molecule has 0 atom stereocenters. The molecule has 1 aliphatic carbocycles. The normalized spacial score (nSPS) is 14.8. The Balaban J connectivity index is 1.69. The highest BCUT2D eigenvalue weighted by Crippen LogP contribution is 2.41. The maximum Gasteiger partial charge on any atom is 0.0979 e. The molecular formula is C32H22Cl2N2. The molecule has 6 rings (SSSR count). The van der Waals surface area contributed by atoms with Crippen LogP contribution in [0.2, 0.25) is 10.0 Å². The zero-order chi connectivity index (χ0) is 24.8. The van der Waals surface area contributed by atoms with Gasteiger partial charge in [0.2, 0.25) is 0 Å². The first-order valence-electron chi connectivity index (χ1n) is 11.8. The van der Waals surface area contributed by atoms with Gasteiger partial charge in [0.05, 0.1) is 32.8 Å². The molecule has 0 aliphatic heterocycles. The van der Waals surface area contributed by atoms with E-state index in [1.165, 1.54) is 16.5 Å². The fourth-order valence-electron chi connectivity index (χ4n) is 4.91. The molecule has 0 amide bonds. The van der Waals surface area contributed by atoms with E-state index < -0.39 is 0 Å². The molecule has 0 heterocycles. The lowest BCUT2D eigenvalue weighted by Crippen LogP contribution is -2.10. The van der Waals surface area contributed by atoms with Crippen LogP contribution in [-0.4, -0.2) is 11.4 Å². The summed E-state index contributed by atoms with van der Waals surface area (Å²) in [5, 5.41) is 3.54. The molecule has 1 aliphatic rings. The van der Waals surface area contributed by atoms with E-state index in [1.807, 2.05) is 56.3 Å². The van der Waals surface area contributed by atoms with Crippen LogP contribution in [0.5, 0.6) is 0 Å². The standard InChI is InChI=1S/C32H22Cl2N2/c1-19-9-6-15-26(33)29(19)35-31-24-14-8-13-23-22(21-11-4-3-5-12-21)17-18-25(28(23)24)32(31)36-30-20(2)10-7-16-27(30)34/h3-18H,1-2H3. The zero-order valence-electron chi connectivity index (χ0n) is 19.9. The van der Waals surface area contributed by atoms with Crippen molar-refractivity contribution >= 4 is 56.8 Å². The number of nitrogens with zero attached hydrogens (tertiary/aromatic N) is 2. The van der Waals surface area contributed by atoms with Crippen LogP contribution >= 0.6 is 23.2 Å². The lowest BCUT2D eigenvalue weighted by Gasteiger charge is -2.09. The van der Waals surface area contributed by atoms with Crippen molar-refractivity contribution in [3.8, 4) is 11.1 Å². The van der Waals surface area contributed by atoms with E-state index in [2.05, 4.69) is 54.6 Å². The van der Waals surface area contributed by atoms with E-state index >= 15 is 0 Å². The van der Waals surface area contributed by atoms with Crippen molar-refractivity contribution in [2.45, 2.75) is 13.8 Å². The summed E-state index contributed by atoms with van der Waals surface area (Å²) in [5.41, 5.74) is 9.58. The Morgan fingerprint density at radius 3 is 1.61 bits per heavy atom.